The molecule has 0 amide bonds. The highest BCUT2D eigenvalue weighted by molar-refractivity contribution is 7.99. The first-order valence-electron chi connectivity index (χ1n) is 8.63. The summed E-state index contributed by atoms with van der Waals surface area (Å²) >= 11 is 1.35. The minimum atomic E-state index is -0.954. The lowest BCUT2D eigenvalue weighted by Gasteiger charge is -2.11. The smallest absolute Gasteiger partial charge is 0.335 e. The summed E-state index contributed by atoms with van der Waals surface area (Å²) in [5, 5.41) is 9.55. The largest absolute Gasteiger partial charge is 0.478 e. The molecule has 8 heteroatoms. The monoisotopic (exact) mass is 391 g/mol. The van der Waals surface area contributed by atoms with Crippen LogP contribution in [0, 0.1) is 0 Å². The van der Waals surface area contributed by atoms with E-state index in [0.717, 1.165) is 11.3 Å². The van der Waals surface area contributed by atoms with Crippen molar-refractivity contribution in [2.75, 3.05) is 5.73 Å². The predicted molar refractivity (Wildman–Crippen MR) is 107 cm³/mol. The fraction of sp³-hybridized carbons (Fsp3) is 0.100. The molecule has 0 fully saturated rings. The summed E-state index contributed by atoms with van der Waals surface area (Å²) in [4.78, 5) is 25.2. The van der Waals surface area contributed by atoms with E-state index in [-0.39, 0.29) is 5.56 Å². The maximum Gasteiger partial charge on any atom is 0.335 e. The fourth-order valence-electron chi connectivity index (χ4n) is 2.81. The van der Waals surface area contributed by atoms with Crippen LogP contribution in [0.3, 0.4) is 0 Å². The van der Waals surface area contributed by atoms with Crippen molar-refractivity contribution in [3.8, 4) is 11.5 Å². The molecule has 0 aliphatic carbocycles. The van der Waals surface area contributed by atoms with E-state index in [1.807, 2.05) is 22.8 Å². The summed E-state index contributed by atoms with van der Waals surface area (Å²) in [6.07, 6.45) is 2.53. The van der Waals surface area contributed by atoms with Gasteiger partial charge in [0.05, 0.1) is 11.9 Å². The van der Waals surface area contributed by atoms with Gasteiger partial charge >= 0.3 is 5.97 Å². The molecule has 0 spiro atoms. The van der Waals surface area contributed by atoms with Gasteiger partial charge in [-0.3, -0.25) is 0 Å². The number of rotatable bonds is 6. The van der Waals surface area contributed by atoms with Crippen LogP contribution in [-0.4, -0.2) is 30.6 Å². The first-order valence-corrected chi connectivity index (χ1v) is 9.45. The molecule has 140 valence electrons. The summed E-state index contributed by atoms with van der Waals surface area (Å²) in [7, 11) is 0. The number of nitrogens with zero attached hydrogens (tertiary/aromatic N) is 4. The van der Waals surface area contributed by atoms with Crippen LogP contribution in [0.4, 0.5) is 5.82 Å². The number of hydrogen-bond acceptors (Lipinski definition) is 6. The van der Waals surface area contributed by atoms with E-state index in [0.29, 0.717) is 29.0 Å². The van der Waals surface area contributed by atoms with Gasteiger partial charge in [-0.15, -0.1) is 0 Å². The lowest BCUT2D eigenvalue weighted by atomic mass is 10.1. The molecule has 2 aromatic rings. The number of aromatic carboxylic acids is 1. The van der Waals surface area contributed by atoms with Crippen molar-refractivity contribution in [1.82, 2.24) is 19.5 Å². The Balaban J connectivity index is 1.57. The summed E-state index contributed by atoms with van der Waals surface area (Å²) in [6, 6.07) is 16.8. The van der Waals surface area contributed by atoms with Crippen molar-refractivity contribution in [2.45, 2.75) is 23.0 Å². The van der Waals surface area contributed by atoms with Crippen molar-refractivity contribution < 1.29 is 9.90 Å². The average molecular weight is 391 g/mol. The Morgan fingerprint density at radius 1 is 1.07 bits per heavy atom. The highest BCUT2D eigenvalue weighted by Crippen LogP contribution is 2.31. The number of carbonyl (C=O) groups is 1. The van der Waals surface area contributed by atoms with E-state index >= 15 is 0 Å². The summed E-state index contributed by atoms with van der Waals surface area (Å²) in [5.41, 5.74) is 8.03. The van der Waals surface area contributed by atoms with Crippen LogP contribution in [0.15, 0.2) is 71.0 Å². The van der Waals surface area contributed by atoms with E-state index in [1.54, 1.807) is 30.6 Å². The first kappa shape index (κ1) is 18.0. The Kier molecular flexibility index (Phi) is 4.94. The molecule has 0 saturated heterocycles. The van der Waals surface area contributed by atoms with Gasteiger partial charge in [0.2, 0.25) is 0 Å². The first-order chi connectivity index (χ1) is 13.6. The Morgan fingerprint density at radius 2 is 1.82 bits per heavy atom. The molecule has 2 aliphatic heterocycles. The van der Waals surface area contributed by atoms with Gasteiger partial charge in [-0.2, -0.15) is 0 Å². The van der Waals surface area contributed by atoms with Gasteiger partial charge in [0.1, 0.15) is 0 Å². The van der Waals surface area contributed by atoms with Crippen LogP contribution in [0.2, 0.25) is 0 Å². The van der Waals surface area contributed by atoms with Gasteiger partial charge in [0, 0.05) is 11.4 Å². The second-order valence-electron chi connectivity index (χ2n) is 6.17. The average Bonchev–Trinajstić information content (AvgIpc) is 3.13. The van der Waals surface area contributed by atoms with E-state index < -0.39 is 5.97 Å². The molecule has 0 saturated carbocycles. The Labute approximate surface area is 165 Å². The highest BCUT2D eigenvalue weighted by atomic mass is 32.2. The fourth-order valence-corrected chi connectivity index (χ4v) is 3.56. The second-order valence-corrected chi connectivity index (χ2v) is 7.21. The minimum absolute atomic E-state index is 0.241. The van der Waals surface area contributed by atoms with Crippen molar-refractivity contribution in [3.63, 3.8) is 0 Å². The van der Waals surface area contributed by atoms with Crippen LogP contribution in [0.1, 0.15) is 15.9 Å². The van der Waals surface area contributed by atoms with E-state index in [2.05, 4.69) is 27.1 Å². The normalized spacial score (nSPS) is 11.0. The van der Waals surface area contributed by atoms with Crippen molar-refractivity contribution in [3.05, 3.63) is 72.1 Å². The number of nitrogen functional groups attached to an aromatic ring is 1. The molecular formula is C20H17N5O2S. The predicted octanol–water partition coefficient (Wildman–Crippen LogP) is 3.45. The lowest BCUT2D eigenvalue weighted by Crippen LogP contribution is -2.09. The molecule has 2 aromatic carbocycles. The molecule has 0 radical (unpaired) electrons. The van der Waals surface area contributed by atoms with E-state index in [4.69, 9.17) is 10.8 Å². The van der Waals surface area contributed by atoms with E-state index in [9.17, 15) is 4.79 Å². The Bertz CT molecular complexity index is 1080. The molecule has 0 bridgehead atoms. The van der Waals surface area contributed by atoms with Gasteiger partial charge < -0.3 is 15.4 Å². The Hall–Kier alpha value is -3.39. The molecule has 4 rings (SSSR count). The number of fused-ring (bicyclic) bond motifs is 1. The number of aromatic nitrogens is 4. The SMILES string of the molecule is Nc1ncn(CCc2ccccc2)c2nc(Sc3ccc(C(=O)O)cc3)nc1-2. The minimum Gasteiger partial charge on any atom is -0.478 e. The van der Waals surface area contributed by atoms with Crippen LogP contribution >= 0.6 is 11.8 Å². The number of imidazole rings is 1. The van der Waals surface area contributed by atoms with Gasteiger partial charge in [-0.1, -0.05) is 30.3 Å². The topological polar surface area (TPSA) is 107 Å². The third-order valence-electron chi connectivity index (χ3n) is 4.27. The standard InChI is InChI=1S/C20H17N5O2S/c21-17-16-18(25(12-22-17)11-10-13-4-2-1-3-5-13)24-20(23-16)28-15-8-6-14(7-9-15)19(26)27/h1-9,12H,10-11,21H2,(H,26,27). The zero-order valence-corrected chi connectivity index (χ0v) is 15.6. The lowest BCUT2D eigenvalue weighted by molar-refractivity contribution is 0.0697. The maximum atomic E-state index is 11.0. The number of carboxylic acids is 1. The van der Waals surface area contributed by atoms with Gasteiger partial charge in [-0.05, 0) is 48.0 Å². The van der Waals surface area contributed by atoms with Crippen LogP contribution in [-0.2, 0) is 13.0 Å². The van der Waals surface area contributed by atoms with Crippen molar-refractivity contribution >= 4 is 23.5 Å². The second kappa shape index (κ2) is 7.69. The molecule has 2 aliphatic rings. The molecular weight excluding hydrogens is 374 g/mol. The van der Waals surface area contributed by atoms with Gasteiger partial charge in [0.25, 0.3) is 0 Å². The van der Waals surface area contributed by atoms with Crippen molar-refractivity contribution in [2.24, 2.45) is 0 Å². The molecule has 28 heavy (non-hydrogen) atoms. The zero-order chi connectivity index (χ0) is 19.5. The summed E-state index contributed by atoms with van der Waals surface area (Å²) in [5.74, 6) is 0.0739. The van der Waals surface area contributed by atoms with E-state index in [1.165, 1.54) is 17.3 Å². The third kappa shape index (κ3) is 3.81. The maximum absolute atomic E-state index is 11.0. The van der Waals surface area contributed by atoms with Gasteiger partial charge in [-0.25, -0.2) is 19.7 Å². The van der Waals surface area contributed by atoms with Crippen LogP contribution in [0.5, 0.6) is 0 Å². The molecule has 3 N–H and O–H groups in total. The van der Waals surface area contributed by atoms with Crippen LogP contribution < -0.4 is 5.73 Å². The number of nitrogens with two attached hydrogens (primary N) is 1. The quantitative estimate of drug-likeness (QED) is 0.518. The molecule has 7 nitrogen and oxygen atoms in total. The Morgan fingerprint density at radius 3 is 2.54 bits per heavy atom. The highest BCUT2D eigenvalue weighted by Gasteiger charge is 2.19. The zero-order valence-electron chi connectivity index (χ0n) is 14.8. The van der Waals surface area contributed by atoms with Crippen LogP contribution in [0.25, 0.3) is 11.5 Å². The third-order valence-corrected chi connectivity index (χ3v) is 5.14. The molecule has 0 aromatic heterocycles. The number of aryl methyl sites for hydroxylation is 2. The number of hydrogen-bond donors (Lipinski definition) is 2. The molecule has 2 heterocycles. The molecule has 0 atom stereocenters. The number of benzene rings is 2. The summed E-state index contributed by atoms with van der Waals surface area (Å²) in [6.45, 7) is 0.712. The van der Waals surface area contributed by atoms with Gasteiger partial charge in [0.15, 0.2) is 22.5 Å². The number of carboxylic acid groups (broad SMARTS) is 1. The summed E-state index contributed by atoms with van der Waals surface area (Å²) < 4.78 is 1.95. The molecule has 0 unspecified atom stereocenters. The van der Waals surface area contributed by atoms with Crippen molar-refractivity contribution in [1.29, 1.82) is 0 Å². The number of anilines is 1.